The first-order valence-electron chi connectivity index (χ1n) is 7.76. The van der Waals surface area contributed by atoms with E-state index in [0.29, 0.717) is 5.02 Å². The van der Waals surface area contributed by atoms with Crippen molar-refractivity contribution in [2.45, 2.75) is 26.8 Å². The standard InChI is InChI=1S/C17H16ClN5S/c1-10-5-11(2)17(20-7-10)12-6-16(19-8-13(12)18)23-4-3-14-15(9-23)22-24-21-14/h5-8H,3-4,9H2,1-2H3. The van der Waals surface area contributed by atoms with Crippen LogP contribution >= 0.6 is 23.3 Å². The molecule has 4 rings (SSSR count). The maximum absolute atomic E-state index is 6.40. The minimum atomic E-state index is 0.617. The van der Waals surface area contributed by atoms with Crippen molar-refractivity contribution in [3.8, 4) is 11.3 Å². The Bertz CT molecular complexity index is 908. The normalized spacial score (nSPS) is 13.9. The molecule has 24 heavy (non-hydrogen) atoms. The molecule has 0 aromatic carbocycles. The van der Waals surface area contributed by atoms with Gasteiger partial charge in [-0.05, 0) is 31.0 Å². The van der Waals surface area contributed by atoms with Crippen LogP contribution in [0.15, 0.2) is 24.5 Å². The smallest absolute Gasteiger partial charge is 0.129 e. The average Bonchev–Trinajstić information content (AvgIpc) is 3.03. The second-order valence-electron chi connectivity index (χ2n) is 6.03. The van der Waals surface area contributed by atoms with Crippen molar-refractivity contribution in [1.29, 1.82) is 0 Å². The van der Waals surface area contributed by atoms with Crippen molar-refractivity contribution < 1.29 is 0 Å². The molecule has 7 heteroatoms. The van der Waals surface area contributed by atoms with Crippen molar-refractivity contribution in [3.05, 3.63) is 52.1 Å². The summed E-state index contributed by atoms with van der Waals surface area (Å²) < 4.78 is 8.71. The molecule has 0 saturated heterocycles. The fraction of sp³-hybridized carbons (Fsp3) is 0.294. The molecule has 0 saturated carbocycles. The SMILES string of the molecule is Cc1cnc(-c2cc(N3CCc4nsnc4C3)ncc2Cl)c(C)c1. The Kier molecular flexibility index (Phi) is 3.94. The molecule has 122 valence electrons. The van der Waals surface area contributed by atoms with E-state index < -0.39 is 0 Å². The van der Waals surface area contributed by atoms with Crippen LogP contribution in [0.2, 0.25) is 5.02 Å². The summed E-state index contributed by atoms with van der Waals surface area (Å²) in [5, 5.41) is 0.617. The first-order chi connectivity index (χ1) is 11.6. The topological polar surface area (TPSA) is 54.8 Å². The van der Waals surface area contributed by atoms with Gasteiger partial charge in [0.2, 0.25) is 0 Å². The lowest BCUT2D eigenvalue weighted by Gasteiger charge is -2.27. The van der Waals surface area contributed by atoms with E-state index in [9.17, 15) is 0 Å². The fourth-order valence-electron chi connectivity index (χ4n) is 3.01. The van der Waals surface area contributed by atoms with Crippen LogP contribution in [-0.4, -0.2) is 25.3 Å². The molecule has 1 aliphatic heterocycles. The van der Waals surface area contributed by atoms with Gasteiger partial charge in [-0.15, -0.1) is 0 Å². The van der Waals surface area contributed by atoms with Crippen LogP contribution in [0, 0.1) is 13.8 Å². The van der Waals surface area contributed by atoms with Crippen LogP contribution in [0.5, 0.6) is 0 Å². The maximum atomic E-state index is 6.40. The monoisotopic (exact) mass is 357 g/mol. The van der Waals surface area contributed by atoms with E-state index >= 15 is 0 Å². The van der Waals surface area contributed by atoms with Crippen LogP contribution in [-0.2, 0) is 13.0 Å². The van der Waals surface area contributed by atoms with Crippen LogP contribution in [0.4, 0.5) is 5.82 Å². The lowest BCUT2D eigenvalue weighted by Crippen LogP contribution is -2.31. The summed E-state index contributed by atoms with van der Waals surface area (Å²) in [5.74, 6) is 0.898. The number of aromatic nitrogens is 4. The molecular formula is C17H16ClN5S. The molecule has 0 radical (unpaired) electrons. The second-order valence-corrected chi connectivity index (χ2v) is 6.97. The lowest BCUT2D eigenvalue weighted by molar-refractivity contribution is 0.701. The molecule has 0 fully saturated rings. The number of pyridine rings is 2. The maximum Gasteiger partial charge on any atom is 0.129 e. The zero-order chi connectivity index (χ0) is 16.7. The van der Waals surface area contributed by atoms with E-state index in [2.05, 4.69) is 36.6 Å². The van der Waals surface area contributed by atoms with E-state index in [4.69, 9.17) is 11.6 Å². The van der Waals surface area contributed by atoms with Gasteiger partial charge in [0, 0.05) is 30.9 Å². The third kappa shape index (κ3) is 2.76. The molecule has 0 N–H and O–H groups in total. The number of aryl methyl sites for hydroxylation is 2. The predicted molar refractivity (Wildman–Crippen MR) is 96.6 cm³/mol. The minimum absolute atomic E-state index is 0.617. The third-order valence-electron chi connectivity index (χ3n) is 4.23. The zero-order valence-electron chi connectivity index (χ0n) is 13.5. The van der Waals surface area contributed by atoms with Crippen molar-refractivity contribution in [1.82, 2.24) is 18.7 Å². The van der Waals surface area contributed by atoms with Gasteiger partial charge in [-0.1, -0.05) is 17.7 Å². The van der Waals surface area contributed by atoms with Gasteiger partial charge in [-0.25, -0.2) is 4.98 Å². The Hall–Kier alpha value is -2.05. The van der Waals surface area contributed by atoms with Gasteiger partial charge in [0.25, 0.3) is 0 Å². The molecule has 0 unspecified atom stereocenters. The van der Waals surface area contributed by atoms with E-state index in [0.717, 1.165) is 59.1 Å². The average molecular weight is 358 g/mol. The highest BCUT2D eigenvalue weighted by Gasteiger charge is 2.22. The highest BCUT2D eigenvalue weighted by molar-refractivity contribution is 6.99. The molecule has 1 aliphatic rings. The number of anilines is 1. The van der Waals surface area contributed by atoms with Crippen molar-refractivity contribution in [3.63, 3.8) is 0 Å². The fourth-order valence-corrected chi connectivity index (χ4v) is 3.80. The molecule has 5 nitrogen and oxygen atoms in total. The predicted octanol–water partition coefficient (Wildman–Crippen LogP) is 3.83. The Morgan fingerprint density at radius 3 is 2.75 bits per heavy atom. The summed E-state index contributed by atoms with van der Waals surface area (Å²) in [7, 11) is 0. The largest absolute Gasteiger partial charge is 0.350 e. The van der Waals surface area contributed by atoms with E-state index in [1.807, 2.05) is 19.2 Å². The summed E-state index contributed by atoms with van der Waals surface area (Å²) in [4.78, 5) is 11.3. The number of hydrogen-bond acceptors (Lipinski definition) is 6. The van der Waals surface area contributed by atoms with Crippen LogP contribution in [0.1, 0.15) is 22.5 Å². The first kappa shape index (κ1) is 15.5. The molecule has 0 bridgehead atoms. The number of fused-ring (bicyclic) bond motifs is 1. The van der Waals surface area contributed by atoms with Gasteiger partial charge in [0.05, 0.1) is 40.4 Å². The van der Waals surface area contributed by atoms with Gasteiger partial charge in [-0.3, -0.25) is 4.98 Å². The Labute approximate surface area is 149 Å². The van der Waals surface area contributed by atoms with Gasteiger partial charge in [-0.2, -0.15) is 8.75 Å². The van der Waals surface area contributed by atoms with Crippen molar-refractivity contribution in [2.24, 2.45) is 0 Å². The summed E-state index contributed by atoms with van der Waals surface area (Å²) in [5.41, 5.74) is 6.24. The molecule has 0 spiro atoms. The summed E-state index contributed by atoms with van der Waals surface area (Å²) >= 11 is 7.68. The summed E-state index contributed by atoms with van der Waals surface area (Å²) in [6.07, 6.45) is 4.47. The molecule has 3 aromatic rings. The van der Waals surface area contributed by atoms with Crippen molar-refractivity contribution >= 4 is 29.1 Å². The molecular weight excluding hydrogens is 342 g/mol. The summed E-state index contributed by atoms with van der Waals surface area (Å²) in [6, 6.07) is 4.14. The van der Waals surface area contributed by atoms with Gasteiger partial charge < -0.3 is 4.90 Å². The number of rotatable bonds is 2. The van der Waals surface area contributed by atoms with E-state index in [-0.39, 0.29) is 0 Å². The number of hydrogen-bond donors (Lipinski definition) is 0. The Morgan fingerprint density at radius 1 is 1.08 bits per heavy atom. The minimum Gasteiger partial charge on any atom is -0.350 e. The van der Waals surface area contributed by atoms with E-state index in [1.165, 1.54) is 11.7 Å². The van der Waals surface area contributed by atoms with Gasteiger partial charge in [0.15, 0.2) is 0 Å². The van der Waals surface area contributed by atoms with Gasteiger partial charge in [0.1, 0.15) is 5.82 Å². The molecule has 0 aliphatic carbocycles. The third-order valence-corrected chi connectivity index (χ3v) is 5.13. The van der Waals surface area contributed by atoms with Crippen LogP contribution in [0.25, 0.3) is 11.3 Å². The molecule has 4 heterocycles. The Morgan fingerprint density at radius 2 is 1.92 bits per heavy atom. The van der Waals surface area contributed by atoms with Crippen molar-refractivity contribution in [2.75, 3.05) is 11.4 Å². The van der Waals surface area contributed by atoms with Crippen LogP contribution in [0.3, 0.4) is 0 Å². The number of halogens is 1. The molecule has 3 aromatic heterocycles. The second kappa shape index (κ2) is 6.11. The summed E-state index contributed by atoms with van der Waals surface area (Å²) in [6.45, 7) is 5.71. The van der Waals surface area contributed by atoms with E-state index in [1.54, 1.807) is 6.20 Å². The first-order valence-corrected chi connectivity index (χ1v) is 8.87. The zero-order valence-corrected chi connectivity index (χ0v) is 15.0. The highest BCUT2D eigenvalue weighted by atomic mass is 35.5. The van der Waals surface area contributed by atoms with Crippen LogP contribution < -0.4 is 4.90 Å². The quantitative estimate of drug-likeness (QED) is 0.697. The highest BCUT2D eigenvalue weighted by Crippen LogP contribution is 2.32. The van der Waals surface area contributed by atoms with Gasteiger partial charge >= 0.3 is 0 Å². The number of nitrogens with zero attached hydrogens (tertiary/aromatic N) is 5. The Balaban J connectivity index is 1.72. The molecule has 0 atom stereocenters. The molecule has 0 amide bonds. The lowest BCUT2D eigenvalue weighted by atomic mass is 10.1.